The molecular formula is C25H24N2O3. The highest BCUT2D eigenvalue weighted by atomic mass is 16.5. The van der Waals surface area contributed by atoms with Crippen LogP contribution >= 0.6 is 0 Å². The minimum atomic E-state index is -0.183. The molecular weight excluding hydrogens is 376 g/mol. The van der Waals surface area contributed by atoms with Gasteiger partial charge in [-0.25, -0.2) is 4.98 Å². The summed E-state index contributed by atoms with van der Waals surface area (Å²) in [5.74, 6) is 1.23. The van der Waals surface area contributed by atoms with Crippen LogP contribution in [-0.2, 0) is 6.42 Å². The third-order valence-electron chi connectivity index (χ3n) is 4.92. The van der Waals surface area contributed by atoms with E-state index in [1.807, 2.05) is 67.6 Å². The molecule has 30 heavy (non-hydrogen) atoms. The highest BCUT2D eigenvalue weighted by molar-refractivity contribution is 6.04. The molecule has 0 aliphatic heterocycles. The van der Waals surface area contributed by atoms with Crippen molar-refractivity contribution in [1.82, 2.24) is 4.98 Å². The molecule has 0 radical (unpaired) electrons. The minimum absolute atomic E-state index is 0.144. The molecule has 0 aliphatic rings. The van der Waals surface area contributed by atoms with Crippen molar-refractivity contribution in [2.45, 2.75) is 32.8 Å². The van der Waals surface area contributed by atoms with Gasteiger partial charge in [-0.2, -0.15) is 0 Å². The molecule has 0 aliphatic carbocycles. The van der Waals surface area contributed by atoms with Crippen molar-refractivity contribution in [2.75, 3.05) is 5.32 Å². The lowest BCUT2D eigenvalue weighted by Gasteiger charge is -2.12. The molecule has 0 fully saturated rings. The molecule has 0 unspecified atom stereocenters. The number of fused-ring (bicyclic) bond motifs is 1. The SMILES string of the molecule is CC[C@H](C)Oc1ccc(C(=O)Nc2ccc3oc(Cc4ccccc4)nc3c2)cc1. The van der Waals surface area contributed by atoms with Gasteiger partial charge >= 0.3 is 0 Å². The summed E-state index contributed by atoms with van der Waals surface area (Å²) in [6.45, 7) is 4.09. The third kappa shape index (κ3) is 4.69. The molecule has 4 rings (SSSR count). The number of oxazole rings is 1. The number of aromatic nitrogens is 1. The quantitative estimate of drug-likeness (QED) is 0.423. The Labute approximate surface area is 175 Å². The van der Waals surface area contributed by atoms with Crippen molar-refractivity contribution in [1.29, 1.82) is 0 Å². The minimum Gasteiger partial charge on any atom is -0.491 e. The smallest absolute Gasteiger partial charge is 0.255 e. The molecule has 1 amide bonds. The zero-order valence-electron chi connectivity index (χ0n) is 17.1. The Balaban J connectivity index is 1.45. The van der Waals surface area contributed by atoms with E-state index in [-0.39, 0.29) is 12.0 Å². The lowest BCUT2D eigenvalue weighted by molar-refractivity contribution is 0.102. The average molecular weight is 400 g/mol. The van der Waals surface area contributed by atoms with Gasteiger partial charge < -0.3 is 14.5 Å². The van der Waals surface area contributed by atoms with Gasteiger partial charge in [-0.05, 0) is 61.4 Å². The van der Waals surface area contributed by atoms with Gasteiger partial charge in [-0.15, -0.1) is 0 Å². The van der Waals surface area contributed by atoms with Crippen LogP contribution in [0.2, 0.25) is 0 Å². The van der Waals surface area contributed by atoms with E-state index >= 15 is 0 Å². The van der Waals surface area contributed by atoms with Crippen molar-refractivity contribution >= 4 is 22.7 Å². The average Bonchev–Trinajstić information content (AvgIpc) is 3.16. The fourth-order valence-electron chi connectivity index (χ4n) is 3.10. The van der Waals surface area contributed by atoms with Crippen LogP contribution in [0.15, 0.2) is 77.2 Å². The number of ether oxygens (including phenoxy) is 1. The Morgan fingerprint density at radius 3 is 2.57 bits per heavy atom. The third-order valence-corrected chi connectivity index (χ3v) is 4.92. The van der Waals surface area contributed by atoms with Crippen molar-refractivity contribution in [2.24, 2.45) is 0 Å². The van der Waals surface area contributed by atoms with Crippen LogP contribution in [0, 0.1) is 0 Å². The highest BCUT2D eigenvalue weighted by Gasteiger charge is 2.11. The van der Waals surface area contributed by atoms with E-state index in [1.54, 1.807) is 12.1 Å². The Morgan fingerprint density at radius 2 is 1.83 bits per heavy atom. The topological polar surface area (TPSA) is 64.4 Å². The Kier molecular flexibility index (Phi) is 5.80. The summed E-state index contributed by atoms with van der Waals surface area (Å²) in [4.78, 5) is 17.2. The van der Waals surface area contributed by atoms with Crippen LogP contribution < -0.4 is 10.1 Å². The summed E-state index contributed by atoms with van der Waals surface area (Å²) in [5.41, 5.74) is 3.79. The molecule has 3 aromatic carbocycles. The zero-order chi connectivity index (χ0) is 20.9. The Hall–Kier alpha value is -3.60. The summed E-state index contributed by atoms with van der Waals surface area (Å²) < 4.78 is 11.6. The summed E-state index contributed by atoms with van der Waals surface area (Å²) in [6.07, 6.45) is 1.70. The van der Waals surface area contributed by atoms with Crippen LogP contribution in [0.25, 0.3) is 11.1 Å². The monoisotopic (exact) mass is 400 g/mol. The first-order chi connectivity index (χ1) is 14.6. The van der Waals surface area contributed by atoms with E-state index in [4.69, 9.17) is 9.15 Å². The van der Waals surface area contributed by atoms with E-state index in [0.717, 1.165) is 23.3 Å². The maximum absolute atomic E-state index is 12.6. The van der Waals surface area contributed by atoms with E-state index in [0.29, 0.717) is 29.1 Å². The van der Waals surface area contributed by atoms with Crippen LogP contribution in [0.1, 0.15) is 42.1 Å². The second-order valence-corrected chi connectivity index (χ2v) is 7.27. The van der Waals surface area contributed by atoms with Crippen LogP contribution in [-0.4, -0.2) is 17.0 Å². The molecule has 0 bridgehead atoms. The molecule has 1 N–H and O–H groups in total. The second-order valence-electron chi connectivity index (χ2n) is 7.27. The number of hydrogen-bond acceptors (Lipinski definition) is 4. The van der Waals surface area contributed by atoms with E-state index in [1.165, 1.54) is 0 Å². The van der Waals surface area contributed by atoms with Crippen molar-refractivity contribution < 1.29 is 13.9 Å². The van der Waals surface area contributed by atoms with Gasteiger partial charge in [0.2, 0.25) is 0 Å². The Morgan fingerprint density at radius 1 is 1.07 bits per heavy atom. The second kappa shape index (κ2) is 8.82. The van der Waals surface area contributed by atoms with Gasteiger partial charge in [0.15, 0.2) is 11.5 Å². The molecule has 1 aromatic heterocycles. The first-order valence-corrected chi connectivity index (χ1v) is 10.1. The maximum Gasteiger partial charge on any atom is 0.255 e. The standard InChI is InChI=1S/C25H24N2O3/c1-3-17(2)29-21-12-9-19(10-13-21)25(28)26-20-11-14-23-22(16-20)27-24(30-23)15-18-7-5-4-6-8-18/h4-14,16-17H,3,15H2,1-2H3,(H,26,28)/t17-/m0/s1. The summed E-state index contributed by atoms with van der Waals surface area (Å²) in [7, 11) is 0. The molecule has 5 heteroatoms. The normalized spacial score (nSPS) is 11.9. The Bertz CT molecular complexity index is 1130. The first kappa shape index (κ1) is 19.7. The molecule has 1 atom stereocenters. The number of anilines is 1. The summed E-state index contributed by atoms with van der Waals surface area (Å²) in [6, 6.07) is 22.7. The number of nitrogens with zero attached hydrogens (tertiary/aromatic N) is 1. The maximum atomic E-state index is 12.6. The van der Waals surface area contributed by atoms with Crippen molar-refractivity contribution in [3.63, 3.8) is 0 Å². The van der Waals surface area contributed by atoms with E-state index < -0.39 is 0 Å². The van der Waals surface area contributed by atoms with E-state index in [9.17, 15) is 4.79 Å². The predicted octanol–water partition coefficient (Wildman–Crippen LogP) is 5.85. The van der Waals surface area contributed by atoms with Crippen molar-refractivity contribution in [3.8, 4) is 5.75 Å². The lowest BCUT2D eigenvalue weighted by atomic mass is 10.1. The molecule has 0 saturated heterocycles. The number of nitrogens with one attached hydrogen (secondary N) is 1. The van der Waals surface area contributed by atoms with Crippen molar-refractivity contribution in [3.05, 3.63) is 89.8 Å². The van der Waals surface area contributed by atoms with Gasteiger partial charge in [0.1, 0.15) is 11.3 Å². The summed E-state index contributed by atoms with van der Waals surface area (Å²) in [5, 5.41) is 2.92. The predicted molar refractivity (Wildman–Crippen MR) is 118 cm³/mol. The fourth-order valence-corrected chi connectivity index (χ4v) is 3.10. The number of hydrogen-bond donors (Lipinski definition) is 1. The molecule has 0 spiro atoms. The number of rotatable bonds is 7. The molecule has 0 saturated carbocycles. The van der Waals surface area contributed by atoms with Gasteiger partial charge in [0, 0.05) is 17.7 Å². The molecule has 5 nitrogen and oxygen atoms in total. The number of carbonyl (C=O) groups excluding carboxylic acids is 1. The van der Waals surface area contributed by atoms with Crippen LogP contribution in [0.3, 0.4) is 0 Å². The number of carbonyl (C=O) groups is 1. The number of amides is 1. The van der Waals surface area contributed by atoms with Crippen LogP contribution in [0.5, 0.6) is 5.75 Å². The fraction of sp³-hybridized carbons (Fsp3) is 0.200. The molecule has 4 aromatic rings. The lowest BCUT2D eigenvalue weighted by Crippen LogP contribution is -2.12. The van der Waals surface area contributed by atoms with Gasteiger partial charge in [0.05, 0.1) is 6.10 Å². The largest absolute Gasteiger partial charge is 0.491 e. The highest BCUT2D eigenvalue weighted by Crippen LogP contribution is 2.22. The summed E-state index contributed by atoms with van der Waals surface area (Å²) >= 11 is 0. The van der Waals surface area contributed by atoms with Crippen LogP contribution in [0.4, 0.5) is 5.69 Å². The van der Waals surface area contributed by atoms with E-state index in [2.05, 4.69) is 17.2 Å². The first-order valence-electron chi connectivity index (χ1n) is 10.1. The van der Waals surface area contributed by atoms with Gasteiger partial charge in [0.25, 0.3) is 5.91 Å². The molecule has 152 valence electrons. The van der Waals surface area contributed by atoms with Gasteiger partial charge in [-0.3, -0.25) is 4.79 Å². The number of benzene rings is 3. The zero-order valence-corrected chi connectivity index (χ0v) is 17.1. The van der Waals surface area contributed by atoms with Gasteiger partial charge in [-0.1, -0.05) is 37.3 Å². The molecule has 1 heterocycles.